The summed E-state index contributed by atoms with van der Waals surface area (Å²) in [6.07, 6.45) is 4.42. The fourth-order valence-electron chi connectivity index (χ4n) is 4.97. The van der Waals surface area contributed by atoms with E-state index < -0.39 is 28.5 Å². The first-order valence-corrected chi connectivity index (χ1v) is 15.0. The molecule has 0 radical (unpaired) electrons. The van der Waals surface area contributed by atoms with E-state index in [4.69, 9.17) is 9.47 Å². The van der Waals surface area contributed by atoms with Gasteiger partial charge in [-0.25, -0.2) is 8.42 Å². The van der Waals surface area contributed by atoms with Crippen LogP contribution in [0, 0.1) is 0 Å². The molecule has 1 N–H and O–H groups in total. The Balaban J connectivity index is 1.64. The Labute approximate surface area is 225 Å². The van der Waals surface area contributed by atoms with Crippen molar-refractivity contribution in [2.24, 2.45) is 0 Å². The normalized spacial score (nSPS) is 16.1. The number of ether oxygens (including phenoxy) is 2. The van der Waals surface area contributed by atoms with Gasteiger partial charge in [0.2, 0.25) is 21.8 Å². The quantitative estimate of drug-likeness (QED) is 0.465. The molecule has 2 amide bonds. The Morgan fingerprint density at radius 1 is 1.00 bits per heavy atom. The van der Waals surface area contributed by atoms with Crippen molar-refractivity contribution < 1.29 is 27.5 Å². The van der Waals surface area contributed by atoms with E-state index in [0.717, 1.165) is 35.6 Å². The summed E-state index contributed by atoms with van der Waals surface area (Å²) in [5.41, 5.74) is 1.17. The number of carbonyl (C=O) groups excluding carboxylic acids is 2. The Hall–Kier alpha value is -3.27. The summed E-state index contributed by atoms with van der Waals surface area (Å²) in [7, 11) is -3.82. The van der Waals surface area contributed by atoms with Crippen molar-refractivity contribution in [3.8, 4) is 11.5 Å². The largest absolute Gasteiger partial charge is 0.486 e. The highest BCUT2D eigenvalue weighted by Crippen LogP contribution is 2.35. The number of amides is 2. The number of benzene rings is 2. The fourth-order valence-corrected chi connectivity index (χ4v) is 6.03. The van der Waals surface area contributed by atoms with Gasteiger partial charge in [-0.2, -0.15) is 0 Å². The summed E-state index contributed by atoms with van der Waals surface area (Å²) >= 11 is 0. The predicted octanol–water partition coefficient (Wildman–Crippen LogP) is 3.48. The summed E-state index contributed by atoms with van der Waals surface area (Å²) in [5.74, 6) is 0.121. The standard InChI is InChI=1S/C28H37N3O6S/c1-3-24(28(33)29-22-12-8-9-13-22)30(19-21-10-6-5-7-11-21)27(32)20-31(38(34,35)4-2)23-14-15-25-26(18-23)37-17-16-36-25/h5-7,10-11,14-15,18,22,24H,3-4,8-9,12-13,16-17,19-20H2,1-2H3,(H,29,33). The molecule has 2 aromatic carbocycles. The van der Waals surface area contributed by atoms with Gasteiger partial charge in [-0.15, -0.1) is 0 Å². The molecule has 0 spiro atoms. The summed E-state index contributed by atoms with van der Waals surface area (Å²) in [4.78, 5) is 28.8. The molecule has 2 aromatic rings. The Bertz CT molecular complexity index is 1210. The van der Waals surface area contributed by atoms with Crippen LogP contribution in [0.2, 0.25) is 0 Å². The van der Waals surface area contributed by atoms with Gasteiger partial charge in [0.1, 0.15) is 25.8 Å². The van der Waals surface area contributed by atoms with Crippen LogP contribution in [-0.2, 0) is 26.2 Å². The van der Waals surface area contributed by atoms with E-state index in [1.165, 1.54) is 11.8 Å². The van der Waals surface area contributed by atoms with E-state index in [1.807, 2.05) is 37.3 Å². The first-order valence-electron chi connectivity index (χ1n) is 13.4. The van der Waals surface area contributed by atoms with Crippen LogP contribution < -0.4 is 19.1 Å². The van der Waals surface area contributed by atoms with Crippen molar-refractivity contribution in [2.75, 3.05) is 29.8 Å². The molecule has 1 aliphatic heterocycles. The third-order valence-electron chi connectivity index (χ3n) is 7.08. The van der Waals surface area contributed by atoms with Crippen molar-refractivity contribution in [3.05, 3.63) is 54.1 Å². The third kappa shape index (κ3) is 6.59. The summed E-state index contributed by atoms with van der Waals surface area (Å²) in [6, 6.07) is 13.7. The summed E-state index contributed by atoms with van der Waals surface area (Å²) < 4.78 is 38.7. The second-order valence-electron chi connectivity index (χ2n) is 9.66. The highest BCUT2D eigenvalue weighted by molar-refractivity contribution is 7.92. The number of anilines is 1. The molecule has 1 unspecified atom stereocenters. The zero-order valence-corrected chi connectivity index (χ0v) is 22.9. The maximum Gasteiger partial charge on any atom is 0.244 e. The number of carbonyl (C=O) groups is 2. The molecule has 206 valence electrons. The lowest BCUT2D eigenvalue weighted by molar-refractivity contribution is -0.140. The smallest absolute Gasteiger partial charge is 0.244 e. The predicted molar refractivity (Wildman–Crippen MR) is 146 cm³/mol. The van der Waals surface area contributed by atoms with Gasteiger partial charge in [-0.1, -0.05) is 50.1 Å². The zero-order valence-electron chi connectivity index (χ0n) is 22.1. The van der Waals surface area contributed by atoms with Crippen molar-refractivity contribution in [1.29, 1.82) is 0 Å². The maximum atomic E-state index is 13.9. The van der Waals surface area contributed by atoms with Crippen LogP contribution in [0.3, 0.4) is 0 Å². The summed E-state index contributed by atoms with van der Waals surface area (Å²) in [5, 5.41) is 3.12. The van der Waals surface area contributed by atoms with E-state index in [1.54, 1.807) is 18.2 Å². The molecule has 1 atom stereocenters. The second-order valence-corrected chi connectivity index (χ2v) is 11.8. The molecule has 0 bridgehead atoms. The van der Waals surface area contributed by atoms with Crippen LogP contribution in [0.25, 0.3) is 0 Å². The van der Waals surface area contributed by atoms with Crippen molar-refractivity contribution in [2.45, 2.75) is 64.6 Å². The molecular formula is C28H37N3O6S. The molecule has 38 heavy (non-hydrogen) atoms. The summed E-state index contributed by atoms with van der Waals surface area (Å²) in [6.45, 7) is 3.93. The topological polar surface area (TPSA) is 105 Å². The van der Waals surface area contributed by atoms with Gasteiger partial charge < -0.3 is 19.7 Å². The van der Waals surface area contributed by atoms with Gasteiger partial charge in [0.15, 0.2) is 11.5 Å². The zero-order chi connectivity index (χ0) is 27.1. The lowest BCUT2D eigenvalue weighted by Gasteiger charge is -2.34. The molecule has 1 fully saturated rings. The minimum atomic E-state index is -3.82. The van der Waals surface area contributed by atoms with Gasteiger partial charge in [-0.3, -0.25) is 13.9 Å². The molecule has 1 heterocycles. The van der Waals surface area contributed by atoms with Crippen molar-refractivity contribution in [3.63, 3.8) is 0 Å². The van der Waals surface area contributed by atoms with Gasteiger partial charge >= 0.3 is 0 Å². The monoisotopic (exact) mass is 543 g/mol. The Morgan fingerprint density at radius 2 is 1.68 bits per heavy atom. The average Bonchev–Trinajstić information content (AvgIpc) is 3.44. The highest BCUT2D eigenvalue weighted by atomic mass is 32.2. The van der Waals surface area contributed by atoms with Crippen LogP contribution in [0.15, 0.2) is 48.5 Å². The van der Waals surface area contributed by atoms with Crippen LogP contribution in [0.4, 0.5) is 5.69 Å². The second kappa shape index (κ2) is 12.5. The van der Waals surface area contributed by atoms with Crippen LogP contribution in [-0.4, -0.2) is 62.7 Å². The van der Waals surface area contributed by atoms with E-state index in [9.17, 15) is 18.0 Å². The highest BCUT2D eigenvalue weighted by Gasteiger charge is 2.34. The third-order valence-corrected chi connectivity index (χ3v) is 8.82. The number of hydrogen-bond donors (Lipinski definition) is 1. The SMILES string of the molecule is CCC(C(=O)NC1CCCC1)N(Cc1ccccc1)C(=O)CN(c1ccc2c(c1)OCCO2)S(=O)(=O)CC. The first-order chi connectivity index (χ1) is 18.3. The lowest BCUT2D eigenvalue weighted by atomic mass is 10.1. The fraction of sp³-hybridized carbons (Fsp3) is 0.500. The average molecular weight is 544 g/mol. The van der Waals surface area contributed by atoms with E-state index in [0.29, 0.717) is 36.8 Å². The number of rotatable bonds is 11. The molecule has 4 rings (SSSR count). The molecule has 1 aliphatic carbocycles. The Kier molecular flexibility index (Phi) is 9.14. The van der Waals surface area contributed by atoms with Crippen LogP contribution in [0.5, 0.6) is 11.5 Å². The minimum Gasteiger partial charge on any atom is -0.486 e. The molecule has 0 saturated heterocycles. The molecular weight excluding hydrogens is 506 g/mol. The number of fused-ring (bicyclic) bond motifs is 1. The Morgan fingerprint density at radius 3 is 2.34 bits per heavy atom. The van der Waals surface area contributed by atoms with E-state index >= 15 is 0 Å². The van der Waals surface area contributed by atoms with Gasteiger partial charge in [0.25, 0.3) is 0 Å². The van der Waals surface area contributed by atoms with Gasteiger partial charge in [-0.05, 0) is 43.9 Å². The first kappa shape index (κ1) is 27.8. The number of nitrogens with one attached hydrogen (secondary N) is 1. The lowest BCUT2D eigenvalue weighted by Crippen LogP contribution is -2.53. The maximum absolute atomic E-state index is 13.9. The molecule has 9 nitrogen and oxygen atoms in total. The van der Waals surface area contributed by atoms with Crippen LogP contribution in [0.1, 0.15) is 51.5 Å². The molecule has 0 aromatic heterocycles. The van der Waals surface area contributed by atoms with Crippen molar-refractivity contribution >= 4 is 27.5 Å². The number of hydrogen-bond acceptors (Lipinski definition) is 6. The van der Waals surface area contributed by atoms with E-state index in [2.05, 4.69) is 5.32 Å². The van der Waals surface area contributed by atoms with E-state index in [-0.39, 0.29) is 24.2 Å². The van der Waals surface area contributed by atoms with Gasteiger partial charge in [0.05, 0.1) is 11.4 Å². The molecule has 2 aliphatic rings. The van der Waals surface area contributed by atoms with Crippen molar-refractivity contribution in [1.82, 2.24) is 10.2 Å². The van der Waals surface area contributed by atoms with Crippen LogP contribution >= 0.6 is 0 Å². The number of sulfonamides is 1. The molecule has 10 heteroatoms. The van der Waals surface area contributed by atoms with Gasteiger partial charge in [0, 0.05) is 18.7 Å². The number of nitrogens with zero attached hydrogens (tertiary/aromatic N) is 2. The minimum absolute atomic E-state index is 0.111. The molecule has 1 saturated carbocycles.